The van der Waals surface area contributed by atoms with Gasteiger partial charge < -0.3 is 4.42 Å². The molecular weight excluding hydrogens is 379 g/mol. The molecule has 5 nitrogen and oxygen atoms in total. The Labute approximate surface area is 174 Å². The lowest BCUT2D eigenvalue weighted by Crippen LogP contribution is -2.23. The number of alkyl halides is 1. The molecule has 0 N–H and O–H groups in total. The molecule has 0 aliphatic heterocycles. The third-order valence-electron chi connectivity index (χ3n) is 5.44. The van der Waals surface area contributed by atoms with Gasteiger partial charge in [-0.05, 0) is 37.1 Å². The second kappa shape index (κ2) is 8.03. The molecule has 0 spiro atoms. The Bertz CT molecular complexity index is 1240. The predicted molar refractivity (Wildman–Crippen MR) is 113 cm³/mol. The Hall–Kier alpha value is -3.59. The van der Waals surface area contributed by atoms with Crippen LogP contribution in [-0.4, -0.2) is 20.6 Å². The molecule has 0 saturated carbocycles. The fourth-order valence-electron chi connectivity index (χ4n) is 3.44. The van der Waals surface area contributed by atoms with E-state index < -0.39 is 5.67 Å². The van der Waals surface area contributed by atoms with Crippen molar-refractivity contribution < 1.29 is 8.81 Å². The van der Waals surface area contributed by atoms with Crippen LogP contribution in [0, 0.1) is 11.3 Å². The van der Waals surface area contributed by atoms with Crippen LogP contribution in [0.2, 0.25) is 0 Å². The van der Waals surface area contributed by atoms with Gasteiger partial charge in [0.1, 0.15) is 17.4 Å². The van der Waals surface area contributed by atoms with Crippen LogP contribution in [0.1, 0.15) is 38.3 Å². The van der Waals surface area contributed by atoms with Crippen molar-refractivity contribution in [2.24, 2.45) is 0 Å². The highest BCUT2D eigenvalue weighted by Crippen LogP contribution is 2.34. The van der Waals surface area contributed by atoms with Gasteiger partial charge in [-0.25, -0.2) is 14.4 Å². The van der Waals surface area contributed by atoms with E-state index in [4.69, 9.17) is 4.42 Å². The van der Waals surface area contributed by atoms with Crippen molar-refractivity contribution in [2.45, 2.75) is 38.8 Å². The summed E-state index contributed by atoms with van der Waals surface area (Å²) in [4.78, 5) is 13.2. The molecule has 6 heteroatoms. The Morgan fingerprint density at radius 2 is 1.93 bits per heavy atom. The van der Waals surface area contributed by atoms with Gasteiger partial charge in [-0.2, -0.15) is 5.26 Å². The van der Waals surface area contributed by atoms with Crippen molar-refractivity contribution in [1.82, 2.24) is 15.0 Å². The molecule has 3 aromatic heterocycles. The number of pyridine rings is 2. The van der Waals surface area contributed by atoms with Gasteiger partial charge in [-0.3, -0.25) is 4.98 Å². The minimum atomic E-state index is -1.34. The molecule has 0 saturated heterocycles. The van der Waals surface area contributed by atoms with E-state index in [0.29, 0.717) is 41.4 Å². The topological polar surface area (TPSA) is 75.6 Å². The monoisotopic (exact) mass is 400 g/mol. The summed E-state index contributed by atoms with van der Waals surface area (Å²) in [6, 6.07) is 15.2. The van der Waals surface area contributed by atoms with E-state index >= 15 is 0 Å². The SMILES string of the molecule is CCC(F)(CC)Cc1ncc(-c2ccc(C#N)nc2-c2ccc3cccnc3c2)o1. The number of aromatic nitrogens is 3. The lowest BCUT2D eigenvalue weighted by atomic mass is 9.96. The average molecular weight is 400 g/mol. The molecule has 4 aromatic rings. The zero-order chi connectivity index (χ0) is 21.1. The standard InChI is InChI=1S/C24H21FN4O/c1-3-24(25,4-2)13-22-28-15-21(30-22)19-10-9-18(14-26)29-23(19)17-8-7-16-6-5-11-27-20(16)12-17/h5-12,15H,3-4,13H2,1-2H3. The third kappa shape index (κ3) is 3.79. The molecule has 0 aliphatic rings. The predicted octanol–water partition coefficient (Wildman–Crippen LogP) is 5.89. The first-order valence-corrected chi connectivity index (χ1v) is 9.95. The summed E-state index contributed by atoms with van der Waals surface area (Å²) in [5.74, 6) is 0.847. The third-order valence-corrected chi connectivity index (χ3v) is 5.44. The fourth-order valence-corrected chi connectivity index (χ4v) is 3.44. The summed E-state index contributed by atoms with van der Waals surface area (Å²) in [7, 11) is 0. The molecule has 0 atom stereocenters. The van der Waals surface area contributed by atoms with Crippen molar-refractivity contribution in [2.75, 3.05) is 0 Å². The van der Waals surface area contributed by atoms with Crippen molar-refractivity contribution in [1.29, 1.82) is 5.26 Å². The maximum atomic E-state index is 14.8. The van der Waals surface area contributed by atoms with Crippen LogP contribution in [0.4, 0.5) is 4.39 Å². The molecule has 3 heterocycles. The molecule has 150 valence electrons. The summed E-state index contributed by atoms with van der Waals surface area (Å²) < 4.78 is 20.7. The van der Waals surface area contributed by atoms with E-state index in [9.17, 15) is 9.65 Å². The highest BCUT2D eigenvalue weighted by atomic mass is 19.1. The molecule has 0 amide bonds. The van der Waals surface area contributed by atoms with Crippen LogP contribution in [0.25, 0.3) is 33.5 Å². The number of fused-ring (bicyclic) bond motifs is 1. The Morgan fingerprint density at radius 1 is 1.10 bits per heavy atom. The van der Waals surface area contributed by atoms with Crippen LogP contribution in [0.3, 0.4) is 0 Å². The van der Waals surface area contributed by atoms with E-state index in [1.807, 2.05) is 44.2 Å². The number of benzene rings is 1. The number of halogens is 1. The zero-order valence-corrected chi connectivity index (χ0v) is 16.9. The first-order valence-electron chi connectivity index (χ1n) is 9.95. The fraction of sp³-hybridized carbons (Fsp3) is 0.250. The summed E-state index contributed by atoms with van der Waals surface area (Å²) in [5, 5.41) is 10.3. The van der Waals surface area contributed by atoms with Crippen molar-refractivity contribution in [3.8, 4) is 28.7 Å². The van der Waals surface area contributed by atoms with Gasteiger partial charge in [-0.1, -0.05) is 32.0 Å². The number of nitriles is 1. The van der Waals surface area contributed by atoms with Crippen molar-refractivity contribution in [3.63, 3.8) is 0 Å². The molecule has 4 rings (SSSR count). The smallest absolute Gasteiger partial charge is 0.198 e. The van der Waals surface area contributed by atoms with Gasteiger partial charge in [0, 0.05) is 22.7 Å². The molecule has 0 aliphatic carbocycles. The van der Waals surface area contributed by atoms with Gasteiger partial charge in [0.2, 0.25) is 0 Å². The number of hydrogen-bond donors (Lipinski definition) is 0. The Balaban J connectivity index is 1.79. The van der Waals surface area contributed by atoms with Crippen molar-refractivity contribution >= 4 is 10.9 Å². The molecular formula is C24H21FN4O. The first-order chi connectivity index (χ1) is 14.5. The van der Waals surface area contributed by atoms with Gasteiger partial charge in [0.15, 0.2) is 11.7 Å². The molecule has 0 radical (unpaired) electrons. The van der Waals surface area contributed by atoms with Crippen LogP contribution in [0.15, 0.2) is 59.3 Å². The first kappa shape index (κ1) is 19.7. The number of oxazole rings is 1. The number of rotatable bonds is 6. The minimum absolute atomic E-state index is 0.124. The maximum absolute atomic E-state index is 14.8. The second-order valence-corrected chi connectivity index (χ2v) is 7.27. The number of nitrogens with zero attached hydrogens (tertiary/aromatic N) is 4. The molecule has 0 fully saturated rings. The van der Waals surface area contributed by atoms with E-state index in [-0.39, 0.29) is 6.42 Å². The van der Waals surface area contributed by atoms with Gasteiger partial charge >= 0.3 is 0 Å². The summed E-state index contributed by atoms with van der Waals surface area (Å²) in [6.45, 7) is 3.65. The van der Waals surface area contributed by atoms with E-state index in [1.54, 1.807) is 24.5 Å². The van der Waals surface area contributed by atoms with Crippen molar-refractivity contribution in [3.05, 3.63) is 66.4 Å². The van der Waals surface area contributed by atoms with E-state index in [1.165, 1.54) is 0 Å². The normalized spacial score (nSPS) is 11.5. The Morgan fingerprint density at radius 3 is 2.70 bits per heavy atom. The Kier molecular flexibility index (Phi) is 5.28. The largest absolute Gasteiger partial charge is 0.441 e. The average Bonchev–Trinajstić information content (AvgIpc) is 3.26. The van der Waals surface area contributed by atoms with Crippen LogP contribution >= 0.6 is 0 Å². The lowest BCUT2D eigenvalue weighted by molar-refractivity contribution is 0.140. The summed E-state index contributed by atoms with van der Waals surface area (Å²) in [5.41, 5.74) is 1.90. The van der Waals surface area contributed by atoms with Crippen LogP contribution in [0.5, 0.6) is 0 Å². The second-order valence-electron chi connectivity index (χ2n) is 7.27. The van der Waals surface area contributed by atoms with Gasteiger partial charge in [0.05, 0.1) is 23.8 Å². The van der Waals surface area contributed by atoms with E-state index in [2.05, 4.69) is 21.0 Å². The highest BCUT2D eigenvalue weighted by molar-refractivity contribution is 5.87. The molecule has 0 unspecified atom stereocenters. The summed E-state index contributed by atoms with van der Waals surface area (Å²) in [6.07, 6.45) is 4.25. The maximum Gasteiger partial charge on any atom is 0.198 e. The zero-order valence-electron chi connectivity index (χ0n) is 16.9. The molecule has 30 heavy (non-hydrogen) atoms. The molecule has 0 bridgehead atoms. The van der Waals surface area contributed by atoms with E-state index in [0.717, 1.165) is 16.5 Å². The minimum Gasteiger partial charge on any atom is -0.441 e. The van der Waals surface area contributed by atoms with Crippen LogP contribution < -0.4 is 0 Å². The lowest BCUT2D eigenvalue weighted by Gasteiger charge is -2.19. The molecule has 1 aromatic carbocycles. The van der Waals surface area contributed by atoms with Gasteiger partial charge in [0.25, 0.3) is 0 Å². The summed E-state index contributed by atoms with van der Waals surface area (Å²) >= 11 is 0. The van der Waals surface area contributed by atoms with Gasteiger partial charge in [-0.15, -0.1) is 0 Å². The van der Waals surface area contributed by atoms with Crippen LogP contribution in [-0.2, 0) is 6.42 Å². The highest BCUT2D eigenvalue weighted by Gasteiger charge is 2.28. The number of hydrogen-bond acceptors (Lipinski definition) is 5. The quantitative estimate of drug-likeness (QED) is 0.403.